The highest BCUT2D eigenvalue weighted by molar-refractivity contribution is 8.01. The monoisotopic (exact) mass is 275 g/mol. The molecule has 1 rings (SSSR count). The van der Waals surface area contributed by atoms with Crippen molar-refractivity contribution in [3.63, 3.8) is 0 Å². The van der Waals surface area contributed by atoms with E-state index in [4.69, 9.17) is 0 Å². The number of aromatic nitrogens is 1. The third-order valence-corrected chi connectivity index (χ3v) is 3.63. The zero-order valence-electron chi connectivity index (χ0n) is 7.72. The Balaban J connectivity index is 2.41. The van der Waals surface area contributed by atoms with Gasteiger partial charge in [0.25, 0.3) is 6.43 Å². The Morgan fingerprint density at radius 3 is 2.56 bits per heavy atom. The van der Waals surface area contributed by atoms with Gasteiger partial charge in [0.05, 0.1) is 4.88 Å². The summed E-state index contributed by atoms with van der Waals surface area (Å²) in [5, 5.41) is 0. The van der Waals surface area contributed by atoms with Gasteiger partial charge in [0.2, 0.25) is 0 Å². The Kier molecular flexibility index (Phi) is 5.20. The molecule has 1 aromatic heterocycles. The zero-order valence-corrected chi connectivity index (χ0v) is 9.36. The highest BCUT2D eigenvalue weighted by Gasteiger charge is 2.12. The molecule has 0 spiro atoms. The molecule has 0 amide bonds. The number of nitrogens with zero attached hydrogens (tertiary/aromatic N) is 1. The van der Waals surface area contributed by atoms with Crippen molar-refractivity contribution < 1.29 is 22.0 Å². The van der Waals surface area contributed by atoms with Crippen LogP contribution >= 0.6 is 23.1 Å². The Bertz CT molecular complexity index is 372. The number of thiazole rings is 1. The zero-order chi connectivity index (χ0) is 12.1. The minimum atomic E-state index is -2.59. The van der Waals surface area contributed by atoms with Crippen LogP contribution in [0.25, 0.3) is 0 Å². The van der Waals surface area contributed by atoms with Gasteiger partial charge in [-0.05, 0) is 0 Å². The minimum Gasteiger partial charge on any atom is -0.238 e. The molecule has 0 bridgehead atoms. The lowest BCUT2D eigenvalue weighted by Crippen LogP contribution is -1.81. The third-order valence-electron chi connectivity index (χ3n) is 1.47. The molecule has 1 nitrogen and oxygen atoms in total. The van der Waals surface area contributed by atoms with E-state index in [1.54, 1.807) is 0 Å². The van der Waals surface area contributed by atoms with Crippen LogP contribution in [-0.4, -0.2) is 10.7 Å². The predicted octanol–water partition coefficient (Wildman–Crippen LogP) is 4.64. The fraction of sp³-hybridized carbons (Fsp3) is 0.375. The summed E-state index contributed by atoms with van der Waals surface area (Å²) in [6.45, 7) is 0. The van der Waals surface area contributed by atoms with Gasteiger partial charge in [0.15, 0.2) is 5.83 Å². The summed E-state index contributed by atoms with van der Waals surface area (Å²) >= 11 is 1.75. The van der Waals surface area contributed by atoms with Crippen LogP contribution < -0.4 is 0 Å². The summed E-state index contributed by atoms with van der Waals surface area (Å²) < 4.78 is 60.2. The van der Waals surface area contributed by atoms with Crippen LogP contribution in [0.2, 0.25) is 0 Å². The van der Waals surface area contributed by atoms with E-state index in [0.717, 1.165) is 29.3 Å². The molecule has 0 unspecified atom stereocenters. The highest BCUT2D eigenvalue weighted by Crippen LogP contribution is 2.31. The second-order valence-corrected chi connectivity index (χ2v) is 5.00. The second kappa shape index (κ2) is 6.19. The SMILES string of the molecule is FC(F)=C(F)CCSc1ncc(C(F)F)s1. The van der Waals surface area contributed by atoms with Gasteiger partial charge in [0, 0.05) is 18.4 Å². The number of allylic oxidation sites excluding steroid dienone is 1. The largest absolute Gasteiger partial charge is 0.301 e. The van der Waals surface area contributed by atoms with E-state index in [-0.39, 0.29) is 10.6 Å². The molecule has 0 aliphatic heterocycles. The van der Waals surface area contributed by atoms with Gasteiger partial charge in [-0.15, -0.1) is 11.3 Å². The lowest BCUT2D eigenvalue weighted by molar-refractivity contribution is 0.155. The van der Waals surface area contributed by atoms with E-state index in [1.807, 2.05) is 0 Å². The Morgan fingerprint density at radius 2 is 2.06 bits per heavy atom. The highest BCUT2D eigenvalue weighted by atomic mass is 32.2. The summed E-state index contributed by atoms with van der Waals surface area (Å²) in [7, 11) is 0. The fourth-order valence-corrected chi connectivity index (χ4v) is 2.62. The molecule has 0 aromatic carbocycles. The lowest BCUT2D eigenvalue weighted by atomic mass is 10.4. The normalized spacial score (nSPS) is 10.9. The molecule has 0 saturated carbocycles. The van der Waals surface area contributed by atoms with Crippen molar-refractivity contribution in [2.24, 2.45) is 0 Å². The number of halogens is 5. The van der Waals surface area contributed by atoms with Crippen molar-refractivity contribution >= 4 is 23.1 Å². The van der Waals surface area contributed by atoms with E-state index in [1.165, 1.54) is 0 Å². The van der Waals surface area contributed by atoms with E-state index < -0.39 is 24.8 Å². The van der Waals surface area contributed by atoms with Crippen LogP contribution in [0.3, 0.4) is 0 Å². The van der Waals surface area contributed by atoms with Gasteiger partial charge in [-0.2, -0.15) is 8.78 Å². The molecule has 0 N–H and O–H groups in total. The standard InChI is InChI=1S/C8H6F5NS2/c9-4(6(10)11)1-2-15-8-14-3-5(16-8)7(12)13/h3,7H,1-2H2. The molecule has 0 saturated heterocycles. The van der Waals surface area contributed by atoms with Crippen LogP contribution in [0.4, 0.5) is 22.0 Å². The molecule has 0 aliphatic rings. The van der Waals surface area contributed by atoms with Crippen LogP contribution in [0, 0.1) is 0 Å². The van der Waals surface area contributed by atoms with Crippen molar-refractivity contribution in [1.29, 1.82) is 0 Å². The number of hydrogen-bond donors (Lipinski definition) is 0. The third kappa shape index (κ3) is 4.09. The molecule has 1 heterocycles. The van der Waals surface area contributed by atoms with Crippen molar-refractivity contribution in [1.82, 2.24) is 4.98 Å². The Labute approximate surface area is 96.4 Å². The Morgan fingerprint density at radius 1 is 1.38 bits per heavy atom. The topological polar surface area (TPSA) is 12.9 Å². The van der Waals surface area contributed by atoms with Gasteiger partial charge in [-0.1, -0.05) is 11.8 Å². The average Bonchev–Trinajstić information content (AvgIpc) is 2.66. The van der Waals surface area contributed by atoms with Gasteiger partial charge in [-0.3, -0.25) is 0 Å². The summed E-state index contributed by atoms with van der Waals surface area (Å²) in [6, 6.07) is 0. The first-order valence-electron chi connectivity index (χ1n) is 4.07. The van der Waals surface area contributed by atoms with Gasteiger partial charge < -0.3 is 0 Å². The molecule has 16 heavy (non-hydrogen) atoms. The smallest absolute Gasteiger partial charge is 0.238 e. The van der Waals surface area contributed by atoms with Crippen molar-refractivity contribution in [3.8, 4) is 0 Å². The summed E-state index contributed by atoms with van der Waals surface area (Å²) in [5.41, 5.74) is 0. The molecular formula is C8H6F5NS2. The minimum absolute atomic E-state index is 0.0410. The maximum Gasteiger partial charge on any atom is 0.301 e. The van der Waals surface area contributed by atoms with Gasteiger partial charge in [0.1, 0.15) is 4.34 Å². The van der Waals surface area contributed by atoms with E-state index in [0.29, 0.717) is 4.34 Å². The van der Waals surface area contributed by atoms with Crippen molar-refractivity contribution in [2.45, 2.75) is 17.2 Å². The first-order chi connectivity index (χ1) is 7.50. The second-order valence-electron chi connectivity index (χ2n) is 2.59. The number of rotatable bonds is 5. The van der Waals surface area contributed by atoms with Crippen LogP contribution in [-0.2, 0) is 0 Å². The van der Waals surface area contributed by atoms with Crippen LogP contribution in [0.15, 0.2) is 22.4 Å². The number of hydrogen-bond acceptors (Lipinski definition) is 3. The van der Waals surface area contributed by atoms with Crippen molar-refractivity contribution in [2.75, 3.05) is 5.75 Å². The first-order valence-corrected chi connectivity index (χ1v) is 5.87. The molecule has 90 valence electrons. The first kappa shape index (κ1) is 13.4. The van der Waals surface area contributed by atoms with E-state index >= 15 is 0 Å². The molecule has 1 aromatic rings. The maximum absolute atomic E-state index is 12.3. The summed E-state index contributed by atoms with van der Waals surface area (Å²) in [4.78, 5) is 3.47. The number of alkyl halides is 2. The average molecular weight is 275 g/mol. The molecule has 0 atom stereocenters. The molecular weight excluding hydrogens is 269 g/mol. The van der Waals surface area contributed by atoms with E-state index in [2.05, 4.69) is 4.98 Å². The maximum atomic E-state index is 12.3. The van der Waals surface area contributed by atoms with Crippen LogP contribution in [0.5, 0.6) is 0 Å². The fourth-order valence-electron chi connectivity index (χ4n) is 0.760. The Hall–Kier alpha value is -0.630. The van der Waals surface area contributed by atoms with Gasteiger partial charge >= 0.3 is 6.08 Å². The molecule has 0 radical (unpaired) electrons. The quantitative estimate of drug-likeness (QED) is 0.573. The molecule has 0 fully saturated rings. The lowest BCUT2D eigenvalue weighted by Gasteiger charge is -1.95. The summed E-state index contributed by atoms with van der Waals surface area (Å²) in [5.74, 6) is -1.43. The van der Waals surface area contributed by atoms with Crippen molar-refractivity contribution in [3.05, 3.63) is 23.0 Å². The molecule has 8 heteroatoms. The number of thioether (sulfide) groups is 1. The summed E-state index contributed by atoms with van der Waals surface area (Å²) in [6.07, 6.45) is -4.34. The van der Waals surface area contributed by atoms with Crippen LogP contribution in [0.1, 0.15) is 17.7 Å². The van der Waals surface area contributed by atoms with Gasteiger partial charge in [-0.25, -0.2) is 18.2 Å². The predicted molar refractivity (Wildman–Crippen MR) is 52.8 cm³/mol. The van der Waals surface area contributed by atoms with E-state index in [9.17, 15) is 22.0 Å². The molecule has 0 aliphatic carbocycles.